The predicted octanol–water partition coefficient (Wildman–Crippen LogP) is 19.2. The number of aryl methyl sites for hydroxylation is 3. The SMILES string of the molecule is [2H]C([2H])([2H])c1cnc(-c2ccc(C([2H])([2H])C([2H])([2H])c3cc(CC(C)(C)c4ccc(-c5cc(C(C)(C)C)ccn5)cc4)cc(CC(C)(C)c4ccc(-c5cc(C(C)(C)C)ccn5)cc4)c3)cc2)cc1-c1ccc(C2CCC(C(C)C)CC2)cc1. The molecular formula is C73H85N3. The van der Waals surface area contributed by atoms with Gasteiger partial charge in [-0.1, -0.05) is 198 Å². The first-order valence-electron chi connectivity index (χ1n) is 31.3. The molecule has 1 saturated carbocycles. The number of rotatable bonds is 15. The minimum absolute atomic E-state index is 0.00855. The van der Waals surface area contributed by atoms with E-state index < -0.39 is 19.6 Å². The molecule has 392 valence electrons. The number of nitrogens with zero attached hydrogens (tertiary/aromatic N) is 3. The molecule has 0 unspecified atom stereocenters. The molecule has 3 heterocycles. The summed E-state index contributed by atoms with van der Waals surface area (Å²) in [5, 5.41) is 0. The standard InChI is InChI=1S/C73H85N3/c1-49(2)55-20-22-56(23-21-55)57-24-26-58(27-25-57)66-45-69(76-48-50(66)3)59-18-16-51(17-19-59)14-15-52-40-53(46-72(10,11)62-32-28-60(29-33-62)67-43-64(36-38-74-67)70(4,5)6)42-54(41-52)47-73(12,13)63-34-30-61(31-35-63)68-44-65(37-39-75-68)71(7,8)9/h16-19,24-45,48-49,55-56H,14-15,20-23,46-47H2,1-13H3/i3D3,14D2,15D2. The van der Waals surface area contributed by atoms with Crippen LogP contribution >= 0.6 is 0 Å². The van der Waals surface area contributed by atoms with Gasteiger partial charge in [-0.05, 0) is 195 Å². The van der Waals surface area contributed by atoms with Crippen LogP contribution in [-0.2, 0) is 47.2 Å². The highest BCUT2D eigenvalue weighted by atomic mass is 14.7. The van der Waals surface area contributed by atoms with Crippen molar-refractivity contribution in [2.24, 2.45) is 11.8 Å². The van der Waals surface area contributed by atoms with Gasteiger partial charge in [0.1, 0.15) is 0 Å². The molecule has 3 heteroatoms. The number of aromatic nitrogens is 3. The Bertz CT molecular complexity index is 3400. The van der Waals surface area contributed by atoms with E-state index in [-0.39, 0.29) is 38.4 Å². The summed E-state index contributed by atoms with van der Waals surface area (Å²) in [6.45, 7) is 24.3. The zero-order chi connectivity index (χ0) is 60.1. The molecule has 8 aromatic rings. The van der Waals surface area contributed by atoms with Crippen molar-refractivity contribution in [1.29, 1.82) is 0 Å². The third-order valence-corrected chi connectivity index (χ3v) is 16.4. The van der Waals surface area contributed by atoms with Crippen molar-refractivity contribution in [1.82, 2.24) is 15.0 Å². The van der Waals surface area contributed by atoms with Crippen molar-refractivity contribution in [2.45, 2.75) is 169 Å². The molecule has 0 N–H and O–H groups in total. The zero-order valence-electron chi connectivity index (χ0n) is 54.4. The molecule has 0 aliphatic heterocycles. The molecular weight excluding hydrogens is 919 g/mol. The largest absolute Gasteiger partial charge is 0.256 e. The molecule has 0 saturated heterocycles. The Morgan fingerprint density at radius 1 is 0.461 bits per heavy atom. The first-order chi connectivity index (χ1) is 38.8. The normalized spacial score (nSPS) is 17.5. The Labute approximate surface area is 468 Å². The minimum Gasteiger partial charge on any atom is -0.256 e. The third-order valence-electron chi connectivity index (χ3n) is 16.4. The maximum absolute atomic E-state index is 9.85. The van der Waals surface area contributed by atoms with Crippen LogP contribution < -0.4 is 0 Å². The van der Waals surface area contributed by atoms with E-state index in [1.165, 1.54) is 35.7 Å². The molecule has 0 atom stereocenters. The van der Waals surface area contributed by atoms with Crippen molar-refractivity contribution in [3.05, 3.63) is 220 Å². The summed E-state index contributed by atoms with van der Waals surface area (Å²) in [4.78, 5) is 14.1. The highest BCUT2D eigenvalue weighted by Gasteiger charge is 2.27. The van der Waals surface area contributed by atoms with Crippen LogP contribution in [0.5, 0.6) is 0 Å². The van der Waals surface area contributed by atoms with Gasteiger partial charge in [0.15, 0.2) is 0 Å². The van der Waals surface area contributed by atoms with E-state index in [9.17, 15) is 5.48 Å². The second-order valence-corrected chi connectivity index (χ2v) is 25.6. The predicted molar refractivity (Wildman–Crippen MR) is 323 cm³/mol. The average molecular weight is 1010 g/mol. The molecule has 0 bridgehead atoms. The van der Waals surface area contributed by atoms with Crippen LogP contribution in [0.1, 0.15) is 180 Å². The summed E-state index contributed by atoms with van der Waals surface area (Å²) >= 11 is 0. The summed E-state index contributed by atoms with van der Waals surface area (Å²) < 4.78 is 64.4. The van der Waals surface area contributed by atoms with Crippen molar-refractivity contribution in [3.63, 3.8) is 0 Å². The van der Waals surface area contributed by atoms with E-state index in [4.69, 9.17) is 14.1 Å². The van der Waals surface area contributed by atoms with Gasteiger partial charge in [0.25, 0.3) is 0 Å². The summed E-state index contributed by atoms with van der Waals surface area (Å²) in [5.74, 6) is 1.96. The Morgan fingerprint density at radius 2 is 0.895 bits per heavy atom. The Kier molecular flexibility index (Phi) is 13.4. The molecule has 0 spiro atoms. The van der Waals surface area contributed by atoms with E-state index in [0.29, 0.717) is 41.5 Å². The van der Waals surface area contributed by atoms with Gasteiger partial charge < -0.3 is 0 Å². The Balaban J connectivity index is 1.02. The van der Waals surface area contributed by atoms with Crippen LogP contribution in [0.15, 0.2) is 164 Å². The van der Waals surface area contributed by atoms with Crippen LogP contribution in [0.3, 0.4) is 0 Å². The average Bonchev–Trinajstić information content (AvgIpc) is 3.53. The summed E-state index contributed by atoms with van der Waals surface area (Å²) in [6.07, 6.45) is 6.17. The van der Waals surface area contributed by atoms with Crippen LogP contribution in [-0.4, -0.2) is 15.0 Å². The second-order valence-electron chi connectivity index (χ2n) is 25.6. The lowest BCUT2D eigenvalue weighted by atomic mass is 9.74. The first kappa shape index (κ1) is 45.7. The zero-order valence-corrected chi connectivity index (χ0v) is 47.4. The molecule has 1 aliphatic rings. The molecule has 5 aromatic carbocycles. The number of hydrogen-bond acceptors (Lipinski definition) is 3. The van der Waals surface area contributed by atoms with Crippen LogP contribution in [0.25, 0.3) is 44.9 Å². The highest BCUT2D eigenvalue weighted by Crippen LogP contribution is 2.40. The van der Waals surface area contributed by atoms with Gasteiger partial charge in [-0.15, -0.1) is 0 Å². The van der Waals surface area contributed by atoms with Gasteiger partial charge in [-0.2, -0.15) is 0 Å². The number of hydrogen-bond donors (Lipinski definition) is 0. The third kappa shape index (κ3) is 13.0. The van der Waals surface area contributed by atoms with E-state index >= 15 is 0 Å². The molecule has 76 heavy (non-hydrogen) atoms. The van der Waals surface area contributed by atoms with Crippen molar-refractivity contribution in [2.75, 3.05) is 0 Å². The maximum Gasteiger partial charge on any atom is 0.0708 e. The lowest BCUT2D eigenvalue weighted by molar-refractivity contribution is 0.259. The van der Waals surface area contributed by atoms with Gasteiger partial charge in [0.2, 0.25) is 0 Å². The lowest BCUT2D eigenvalue weighted by Crippen LogP contribution is -2.22. The van der Waals surface area contributed by atoms with Gasteiger partial charge >= 0.3 is 0 Å². The van der Waals surface area contributed by atoms with Gasteiger partial charge in [-0.3, -0.25) is 15.0 Å². The topological polar surface area (TPSA) is 38.7 Å². The molecule has 3 nitrogen and oxygen atoms in total. The number of benzene rings is 5. The maximum atomic E-state index is 9.85. The van der Waals surface area contributed by atoms with Crippen LogP contribution in [0, 0.1) is 18.7 Å². The number of pyridine rings is 3. The molecule has 9 rings (SSSR count). The smallest absolute Gasteiger partial charge is 0.0708 e. The fraction of sp³-hybridized carbons (Fsp3) is 0.384. The lowest BCUT2D eigenvalue weighted by Gasteiger charge is -2.31. The fourth-order valence-corrected chi connectivity index (χ4v) is 11.3. The van der Waals surface area contributed by atoms with E-state index in [1.807, 2.05) is 42.7 Å². The van der Waals surface area contributed by atoms with Gasteiger partial charge in [-0.25, -0.2) is 0 Å². The molecule has 1 aliphatic carbocycles. The highest BCUT2D eigenvalue weighted by molar-refractivity contribution is 5.73. The van der Waals surface area contributed by atoms with Gasteiger partial charge in [0.05, 0.1) is 17.1 Å². The molecule has 0 amide bonds. The Hall–Kier alpha value is -6.45. The second kappa shape index (κ2) is 22.3. The van der Waals surface area contributed by atoms with E-state index in [1.54, 1.807) is 24.3 Å². The summed E-state index contributed by atoms with van der Waals surface area (Å²) in [5.41, 5.74) is 14.2. The first-order valence-corrected chi connectivity index (χ1v) is 27.8. The quantitative estimate of drug-likeness (QED) is 0.103. The molecule has 1 fully saturated rings. The monoisotopic (exact) mass is 1010 g/mol. The van der Waals surface area contributed by atoms with Crippen LogP contribution in [0.2, 0.25) is 0 Å². The molecule has 3 aromatic heterocycles. The van der Waals surface area contributed by atoms with Gasteiger partial charge in [0, 0.05) is 44.9 Å². The van der Waals surface area contributed by atoms with E-state index in [0.717, 1.165) is 69.1 Å². The van der Waals surface area contributed by atoms with E-state index in [2.05, 4.69) is 179 Å². The fourth-order valence-electron chi connectivity index (χ4n) is 11.3. The Morgan fingerprint density at radius 3 is 1.36 bits per heavy atom. The van der Waals surface area contributed by atoms with Crippen molar-refractivity contribution < 1.29 is 9.60 Å². The molecule has 0 radical (unpaired) electrons. The van der Waals surface area contributed by atoms with Crippen molar-refractivity contribution in [3.8, 4) is 44.9 Å². The van der Waals surface area contributed by atoms with Crippen molar-refractivity contribution >= 4 is 0 Å². The van der Waals surface area contributed by atoms with Crippen LogP contribution in [0.4, 0.5) is 0 Å². The summed E-state index contributed by atoms with van der Waals surface area (Å²) in [7, 11) is 0. The summed E-state index contributed by atoms with van der Waals surface area (Å²) in [6, 6.07) is 48.6. The minimum atomic E-state index is -2.48.